The summed E-state index contributed by atoms with van der Waals surface area (Å²) in [6.07, 6.45) is 0. The lowest BCUT2D eigenvalue weighted by molar-refractivity contribution is -0.135. The molecule has 2 rings (SSSR count). The van der Waals surface area contributed by atoms with E-state index in [1.165, 1.54) is 4.90 Å². The van der Waals surface area contributed by atoms with Crippen molar-refractivity contribution in [2.24, 2.45) is 0 Å². The molecule has 0 aliphatic heterocycles. The molecule has 0 saturated carbocycles. The minimum absolute atomic E-state index is 0.289. The number of carbonyl (C=O) groups excluding carboxylic acids is 1. The molecule has 5 nitrogen and oxygen atoms in total. The van der Waals surface area contributed by atoms with Crippen molar-refractivity contribution in [1.82, 2.24) is 0 Å². The third kappa shape index (κ3) is 2.95. The van der Waals surface area contributed by atoms with Gasteiger partial charge in [-0.25, -0.2) is 0 Å². The maximum absolute atomic E-state index is 12.5. The van der Waals surface area contributed by atoms with E-state index in [0.717, 1.165) is 0 Å². The zero-order valence-corrected chi connectivity index (χ0v) is 10.7. The Morgan fingerprint density at radius 2 is 1.60 bits per heavy atom. The number of hydrogen-bond donors (Lipinski definition) is 2. The van der Waals surface area contributed by atoms with E-state index in [1.807, 2.05) is 0 Å². The van der Waals surface area contributed by atoms with Gasteiger partial charge in [0.2, 0.25) is 0 Å². The average Bonchev–Trinajstić information content (AvgIpc) is 2.45. The van der Waals surface area contributed by atoms with E-state index in [2.05, 4.69) is 0 Å². The Kier molecular flexibility index (Phi) is 4.00. The molecule has 0 atom stereocenters. The van der Waals surface area contributed by atoms with Crippen LogP contribution in [-0.4, -0.2) is 23.5 Å². The van der Waals surface area contributed by atoms with Gasteiger partial charge in [0.25, 0.3) is 5.91 Å². The predicted molar refractivity (Wildman–Crippen MR) is 76.6 cm³/mol. The molecule has 1 amide bonds. The maximum atomic E-state index is 12.5. The lowest BCUT2D eigenvalue weighted by Gasteiger charge is -2.21. The molecule has 20 heavy (non-hydrogen) atoms. The number of nitrogen functional groups attached to an aromatic ring is 1. The van der Waals surface area contributed by atoms with Gasteiger partial charge in [0.15, 0.2) is 0 Å². The largest absolute Gasteiger partial charge is 0.480 e. The van der Waals surface area contributed by atoms with Crippen molar-refractivity contribution in [3.8, 4) is 0 Å². The summed E-state index contributed by atoms with van der Waals surface area (Å²) in [7, 11) is 0. The number of nitrogens with zero attached hydrogens (tertiary/aromatic N) is 1. The van der Waals surface area contributed by atoms with Crippen LogP contribution in [0.1, 0.15) is 10.4 Å². The van der Waals surface area contributed by atoms with Crippen molar-refractivity contribution < 1.29 is 14.7 Å². The third-order valence-electron chi connectivity index (χ3n) is 2.80. The summed E-state index contributed by atoms with van der Waals surface area (Å²) in [5.41, 5.74) is 6.90. The molecule has 0 bridgehead atoms. The van der Waals surface area contributed by atoms with Crippen LogP contribution in [-0.2, 0) is 4.79 Å². The number of amides is 1. The summed E-state index contributed by atoms with van der Waals surface area (Å²) >= 11 is 0. The SMILES string of the molecule is Nc1ccccc1C(=O)N(CC(=O)O)c1ccccc1. The van der Waals surface area contributed by atoms with Crippen LogP contribution in [0.4, 0.5) is 11.4 Å². The summed E-state index contributed by atoms with van der Waals surface area (Å²) in [5.74, 6) is -1.52. The fraction of sp³-hybridized carbons (Fsp3) is 0.0667. The number of carboxylic acids is 1. The zero-order chi connectivity index (χ0) is 14.5. The van der Waals surface area contributed by atoms with E-state index in [9.17, 15) is 9.59 Å². The molecule has 0 radical (unpaired) electrons. The molecule has 0 aliphatic rings. The number of para-hydroxylation sites is 2. The van der Waals surface area contributed by atoms with Crippen molar-refractivity contribution >= 4 is 23.3 Å². The van der Waals surface area contributed by atoms with Crippen LogP contribution in [0.25, 0.3) is 0 Å². The van der Waals surface area contributed by atoms with Crippen LogP contribution in [0.3, 0.4) is 0 Å². The molecule has 0 spiro atoms. The van der Waals surface area contributed by atoms with Gasteiger partial charge in [-0.3, -0.25) is 14.5 Å². The van der Waals surface area contributed by atoms with Gasteiger partial charge in [-0.15, -0.1) is 0 Å². The molecule has 0 fully saturated rings. The standard InChI is InChI=1S/C15H14N2O3/c16-13-9-5-4-8-12(13)15(20)17(10-14(18)19)11-6-2-1-3-7-11/h1-9H,10,16H2,(H,18,19). The first kappa shape index (κ1) is 13.6. The van der Waals surface area contributed by atoms with Gasteiger partial charge in [-0.05, 0) is 24.3 Å². The Labute approximate surface area is 116 Å². The first-order valence-corrected chi connectivity index (χ1v) is 6.03. The Hall–Kier alpha value is -2.82. The van der Waals surface area contributed by atoms with E-state index in [-0.39, 0.29) is 5.56 Å². The molecule has 102 valence electrons. The van der Waals surface area contributed by atoms with Crippen molar-refractivity contribution in [2.75, 3.05) is 17.2 Å². The average molecular weight is 270 g/mol. The Bertz CT molecular complexity index is 626. The topological polar surface area (TPSA) is 83.6 Å². The lowest BCUT2D eigenvalue weighted by atomic mass is 10.1. The first-order chi connectivity index (χ1) is 9.59. The van der Waals surface area contributed by atoms with E-state index in [4.69, 9.17) is 10.8 Å². The van der Waals surface area contributed by atoms with Gasteiger partial charge < -0.3 is 10.8 Å². The van der Waals surface area contributed by atoms with Gasteiger partial charge in [0.05, 0.1) is 5.56 Å². The van der Waals surface area contributed by atoms with Crippen molar-refractivity contribution in [2.45, 2.75) is 0 Å². The minimum atomic E-state index is -1.09. The highest BCUT2D eigenvalue weighted by molar-refractivity contribution is 6.10. The first-order valence-electron chi connectivity index (χ1n) is 6.03. The molecular formula is C15H14N2O3. The van der Waals surface area contributed by atoms with Gasteiger partial charge in [0, 0.05) is 11.4 Å². The van der Waals surface area contributed by atoms with Crippen molar-refractivity contribution in [1.29, 1.82) is 0 Å². The Morgan fingerprint density at radius 1 is 1.00 bits per heavy atom. The van der Waals surface area contributed by atoms with Crippen LogP contribution in [0.5, 0.6) is 0 Å². The molecular weight excluding hydrogens is 256 g/mol. The lowest BCUT2D eigenvalue weighted by Crippen LogP contribution is -2.36. The van der Waals surface area contributed by atoms with Crippen LogP contribution in [0, 0.1) is 0 Å². The van der Waals surface area contributed by atoms with Crippen LogP contribution >= 0.6 is 0 Å². The fourth-order valence-corrected chi connectivity index (χ4v) is 1.86. The van der Waals surface area contributed by atoms with Crippen molar-refractivity contribution in [3.63, 3.8) is 0 Å². The van der Waals surface area contributed by atoms with Crippen LogP contribution in [0.15, 0.2) is 54.6 Å². The molecule has 3 N–H and O–H groups in total. The fourth-order valence-electron chi connectivity index (χ4n) is 1.86. The Balaban J connectivity index is 2.40. The molecule has 0 aliphatic carbocycles. The molecule has 0 saturated heterocycles. The van der Waals surface area contributed by atoms with Gasteiger partial charge in [-0.1, -0.05) is 30.3 Å². The summed E-state index contributed by atoms with van der Waals surface area (Å²) in [6.45, 7) is -0.419. The van der Waals surface area contributed by atoms with E-state index in [0.29, 0.717) is 11.4 Å². The summed E-state index contributed by atoms with van der Waals surface area (Å²) in [4.78, 5) is 24.7. The number of nitrogens with two attached hydrogens (primary N) is 1. The number of rotatable bonds is 4. The van der Waals surface area contributed by atoms with Gasteiger partial charge in [-0.2, -0.15) is 0 Å². The van der Waals surface area contributed by atoms with Gasteiger partial charge in [0.1, 0.15) is 6.54 Å². The maximum Gasteiger partial charge on any atom is 0.323 e. The highest BCUT2D eigenvalue weighted by Gasteiger charge is 2.21. The summed E-state index contributed by atoms with van der Waals surface area (Å²) < 4.78 is 0. The van der Waals surface area contributed by atoms with Crippen LogP contribution < -0.4 is 10.6 Å². The molecule has 0 aromatic heterocycles. The summed E-state index contributed by atoms with van der Waals surface area (Å²) in [5, 5.41) is 8.99. The third-order valence-corrected chi connectivity index (χ3v) is 2.80. The normalized spacial score (nSPS) is 10.0. The second-order valence-corrected chi connectivity index (χ2v) is 4.21. The number of carbonyl (C=O) groups is 2. The number of anilines is 2. The van der Waals surface area contributed by atoms with E-state index >= 15 is 0 Å². The quantitative estimate of drug-likeness (QED) is 0.832. The predicted octanol–water partition coefficient (Wildman–Crippen LogP) is 2.00. The second-order valence-electron chi connectivity index (χ2n) is 4.21. The van der Waals surface area contributed by atoms with Gasteiger partial charge >= 0.3 is 5.97 Å². The van der Waals surface area contributed by atoms with Crippen molar-refractivity contribution in [3.05, 3.63) is 60.2 Å². The number of carboxylic acid groups (broad SMARTS) is 1. The zero-order valence-electron chi connectivity index (χ0n) is 10.7. The second kappa shape index (κ2) is 5.88. The molecule has 5 heteroatoms. The van der Waals surface area contributed by atoms with Crippen LogP contribution in [0.2, 0.25) is 0 Å². The molecule has 2 aromatic carbocycles. The van der Waals surface area contributed by atoms with E-state index < -0.39 is 18.4 Å². The molecule has 2 aromatic rings. The minimum Gasteiger partial charge on any atom is -0.480 e. The smallest absolute Gasteiger partial charge is 0.323 e. The molecule has 0 unspecified atom stereocenters. The Morgan fingerprint density at radius 3 is 2.20 bits per heavy atom. The number of hydrogen-bond acceptors (Lipinski definition) is 3. The van der Waals surface area contributed by atoms with E-state index in [1.54, 1.807) is 54.6 Å². The molecule has 0 heterocycles. The highest BCUT2D eigenvalue weighted by atomic mass is 16.4. The number of benzene rings is 2. The highest BCUT2D eigenvalue weighted by Crippen LogP contribution is 2.19. The summed E-state index contributed by atoms with van der Waals surface area (Å²) in [6, 6.07) is 15.2. The monoisotopic (exact) mass is 270 g/mol. The number of aliphatic carboxylic acids is 1.